The van der Waals surface area contributed by atoms with Crippen molar-refractivity contribution in [3.63, 3.8) is 0 Å². The number of carbonyl (C=O) groups is 1. The van der Waals surface area contributed by atoms with Crippen LogP contribution in [-0.2, 0) is 4.74 Å². The minimum Gasteiger partial charge on any atom is -0.465 e. The summed E-state index contributed by atoms with van der Waals surface area (Å²) in [4.78, 5) is 13.8. The summed E-state index contributed by atoms with van der Waals surface area (Å²) in [6.45, 7) is 1.67. The van der Waals surface area contributed by atoms with Gasteiger partial charge in [0, 0.05) is 12.2 Å². The molecular formula is C13H20ClN3O2. The van der Waals surface area contributed by atoms with Crippen LogP contribution in [0.3, 0.4) is 0 Å². The van der Waals surface area contributed by atoms with Crippen molar-refractivity contribution in [2.75, 3.05) is 45.3 Å². The van der Waals surface area contributed by atoms with Crippen LogP contribution in [0.4, 0.5) is 11.4 Å². The van der Waals surface area contributed by atoms with Gasteiger partial charge in [-0.2, -0.15) is 0 Å². The fourth-order valence-electron chi connectivity index (χ4n) is 1.69. The van der Waals surface area contributed by atoms with Crippen molar-refractivity contribution >= 4 is 28.9 Å². The lowest BCUT2D eigenvalue weighted by atomic mass is 10.1. The molecule has 0 aliphatic rings. The maximum absolute atomic E-state index is 11.7. The molecule has 0 aromatic heterocycles. The van der Waals surface area contributed by atoms with Gasteiger partial charge in [-0.3, -0.25) is 0 Å². The number of nitrogens with zero attached hydrogens (tertiary/aromatic N) is 1. The molecule has 1 aromatic rings. The third-order valence-corrected chi connectivity index (χ3v) is 2.90. The Hall–Kier alpha value is -1.46. The van der Waals surface area contributed by atoms with Crippen LogP contribution in [0.2, 0.25) is 5.02 Å². The first kappa shape index (κ1) is 15.6. The Morgan fingerprint density at radius 1 is 1.47 bits per heavy atom. The predicted octanol–water partition coefficient (Wildman–Crippen LogP) is 2.07. The number of nitrogens with one attached hydrogen (secondary N) is 1. The molecule has 1 aromatic carbocycles. The summed E-state index contributed by atoms with van der Waals surface area (Å²) in [5, 5.41) is 3.59. The summed E-state index contributed by atoms with van der Waals surface area (Å²) in [6, 6.07) is 3.17. The zero-order valence-electron chi connectivity index (χ0n) is 11.5. The van der Waals surface area contributed by atoms with Crippen LogP contribution >= 0.6 is 11.6 Å². The minimum atomic E-state index is -0.454. The van der Waals surface area contributed by atoms with E-state index in [4.69, 9.17) is 22.1 Å². The number of benzene rings is 1. The van der Waals surface area contributed by atoms with E-state index in [0.717, 1.165) is 13.0 Å². The Labute approximate surface area is 118 Å². The van der Waals surface area contributed by atoms with Gasteiger partial charge in [-0.1, -0.05) is 11.6 Å². The van der Waals surface area contributed by atoms with E-state index < -0.39 is 5.97 Å². The highest BCUT2D eigenvalue weighted by atomic mass is 35.5. The number of esters is 1. The van der Waals surface area contributed by atoms with Crippen molar-refractivity contribution in [2.45, 2.75) is 6.42 Å². The molecule has 3 N–H and O–H groups in total. The van der Waals surface area contributed by atoms with E-state index >= 15 is 0 Å². The normalized spacial score (nSPS) is 10.6. The number of hydrogen-bond acceptors (Lipinski definition) is 5. The first-order chi connectivity index (χ1) is 8.95. The summed E-state index contributed by atoms with van der Waals surface area (Å²) in [5.41, 5.74) is 7.05. The van der Waals surface area contributed by atoms with Crippen molar-refractivity contribution in [3.05, 3.63) is 22.7 Å². The molecule has 0 amide bonds. The number of halogens is 1. The highest BCUT2D eigenvalue weighted by molar-refractivity contribution is 6.34. The van der Waals surface area contributed by atoms with Crippen molar-refractivity contribution in [1.82, 2.24) is 4.90 Å². The van der Waals surface area contributed by atoms with Gasteiger partial charge in [-0.25, -0.2) is 4.79 Å². The lowest BCUT2D eigenvalue weighted by Gasteiger charge is -2.15. The Kier molecular flexibility index (Phi) is 5.92. The van der Waals surface area contributed by atoms with Gasteiger partial charge in [-0.15, -0.1) is 0 Å². The zero-order valence-corrected chi connectivity index (χ0v) is 12.3. The number of nitrogen functional groups attached to an aromatic ring is 1. The standard InChI is InChI=1S/C13H20ClN3O2/c1-17(2)6-4-5-16-12-10(13(18)19-3)7-9(15)8-11(12)14/h7-8,16H,4-6,15H2,1-3H3. The summed E-state index contributed by atoms with van der Waals surface area (Å²) in [6.07, 6.45) is 0.939. The second-order valence-electron chi connectivity index (χ2n) is 4.50. The van der Waals surface area contributed by atoms with Crippen molar-refractivity contribution in [1.29, 1.82) is 0 Å². The van der Waals surface area contributed by atoms with E-state index in [0.29, 0.717) is 28.5 Å². The van der Waals surface area contributed by atoms with Gasteiger partial charge in [0.15, 0.2) is 0 Å². The Balaban J connectivity index is 2.83. The third-order valence-electron chi connectivity index (χ3n) is 2.60. The minimum absolute atomic E-state index is 0.359. The van der Waals surface area contributed by atoms with Gasteiger partial charge < -0.3 is 20.7 Å². The van der Waals surface area contributed by atoms with Crippen LogP contribution in [-0.4, -0.2) is 45.2 Å². The molecule has 1 rings (SSSR count). The quantitative estimate of drug-likeness (QED) is 0.476. The summed E-state index contributed by atoms with van der Waals surface area (Å²) < 4.78 is 4.73. The molecule has 0 heterocycles. The predicted molar refractivity (Wildman–Crippen MR) is 78.9 cm³/mol. The highest BCUT2D eigenvalue weighted by Gasteiger charge is 2.15. The molecule has 0 unspecified atom stereocenters. The topological polar surface area (TPSA) is 67.6 Å². The number of nitrogens with two attached hydrogens (primary N) is 1. The van der Waals surface area contributed by atoms with Crippen LogP contribution in [0.15, 0.2) is 12.1 Å². The van der Waals surface area contributed by atoms with Gasteiger partial charge in [0.25, 0.3) is 0 Å². The third kappa shape index (κ3) is 4.61. The average Bonchev–Trinajstić information content (AvgIpc) is 2.34. The average molecular weight is 286 g/mol. The second kappa shape index (κ2) is 7.21. The van der Waals surface area contributed by atoms with Crippen LogP contribution in [0.1, 0.15) is 16.8 Å². The molecule has 0 saturated heterocycles. The number of ether oxygens (including phenoxy) is 1. The molecule has 0 atom stereocenters. The Bertz CT molecular complexity index is 450. The smallest absolute Gasteiger partial charge is 0.340 e. The van der Waals surface area contributed by atoms with Gasteiger partial charge in [-0.05, 0) is 39.2 Å². The van der Waals surface area contributed by atoms with E-state index in [1.165, 1.54) is 7.11 Å². The Morgan fingerprint density at radius 2 is 2.16 bits per heavy atom. The molecule has 0 radical (unpaired) electrons. The van der Waals surface area contributed by atoms with Crippen molar-refractivity contribution < 1.29 is 9.53 Å². The largest absolute Gasteiger partial charge is 0.465 e. The number of anilines is 2. The van der Waals surface area contributed by atoms with Gasteiger partial charge in [0.05, 0.1) is 23.4 Å². The van der Waals surface area contributed by atoms with Gasteiger partial charge >= 0.3 is 5.97 Å². The fourth-order valence-corrected chi connectivity index (χ4v) is 1.98. The van der Waals surface area contributed by atoms with E-state index in [2.05, 4.69) is 10.2 Å². The fraction of sp³-hybridized carbons (Fsp3) is 0.462. The van der Waals surface area contributed by atoms with Crippen LogP contribution in [0.25, 0.3) is 0 Å². The molecule has 19 heavy (non-hydrogen) atoms. The van der Waals surface area contributed by atoms with E-state index in [-0.39, 0.29) is 0 Å². The van der Waals surface area contributed by atoms with Crippen LogP contribution < -0.4 is 11.1 Å². The molecular weight excluding hydrogens is 266 g/mol. The zero-order chi connectivity index (χ0) is 14.4. The molecule has 0 aliphatic carbocycles. The molecule has 6 heteroatoms. The molecule has 5 nitrogen and oxygen atoms in total. The second-order valence-corrected chi connectivity index (χ2v) is 4.91. The number of methoxy groups -OCH3 is 1. The number of rotatable bonds is 6. The molecule has 106 valence electrons. The maximum Gasteiger partial charge on any atom is 0.340 e. The highest BCUT2D eigenvalue weighted by Crippen LogP contribution is 2.29. The number of hydrogen-bond donors (Lipinski definition) is 2. The lowest BCUT2D eigenvalue weighted by molar-refractivity contribution is 0.0602. The van der Waals surface area contributed by atoms with Crippen LogP contribution in [0.5, 0.6) is 0 Å². The summed E-state index contributed by atoms with van der Waals surface area (Å²) in [5.74, 6) is -0.454. The first-order valence-electron chi connectivity index (χ1n) is 6.01. The lowest BCUT2D eigenvalue weighted by Crippen LogP contribution is -2.17. The van der Waals surface area contributed by atoms with Crippen molar-refractivity contribution in [3.8, 4) is 0 Å². The van der Waals surface area contributed by atoms with Crippen molar-refractivity contribution in [2.24, 2.45) is 0 Å². The summed E-state index contributed by atoms with van der Waals surface area (Å²) >= 11 is 6.12. The van der Waals surface area contributed by atoms with E-state index in [1.54, 1.807) is 12.1 Å². The first-order valence-corrected chi connectivity index (χ1v) is 6.39. The molecule has 0 bridgehead atoms. The van der Waals surface area contributed by atoms with Crippen LogP contribution in [0, 0.1) is 0 Å². The molecule has 0 fully saturated rings. The Morgan fingerprint density at radius 3 is 2.74 bits per heavy atom. The SMILES string of the molecule is COC(=O)c1cc(N)cc(Cl)c1NCCCN(C)C. The molecule has 0 spiro atoms. The van der Waals surface area contributed by atoms with Gasteiger partial charge in [0.1, 0.15) is 0 Å². The van der Waals surface area contributed by atoms with E-state index in [1.807, 2.05) is 14.1 Å². The molecule has 0 saturated carbocycles. The monoisotopic (exact) mass is 285 g/mol. The summed E-state index contributed by atoms with van der Waals surface area (Å²) in [7, 11) is 5.35. The molecule has 0 aliphatic heterocycles. The number of carbonyl (C=O) groups excluding carboxylic acids is 1. The van der Waals surface area contributed by atoms with E-state index in [9.17, 15) is 4.79 Å². The maximum atomic E-state index is 11.7. The van der Waals surface area contributed by atoms with Gasteiger partial charge in [0.2, 0.25) is 0 Å².